The van der Waals surface area contributed by atoms with E-state index in [0.29, 0.717) is 23.0 Å². The van der Waals surface area contributed by atoms with E-state index in [1.54, 1.807) is 12.1 Å². The number of aromatic amines is 2. The molecule has 0 spiro atoms. The number of nitrogens with one attached hydrogen (secondary N) is 4. The molecule has 1 aromatic heterocycles. The molecule has 1 aliphatic heterocycles. The van der Waals surface area contributed by atoms with Crippen molar-refractivity contribution in [1.82, 2.24) is 9.97 Å². The van der Waals surface area contributed by atoms with Crippen LogP contribution in [-0.4, -0.2) is 35.0 Å². The first-order valence-corrected chi connectivity index (χ1v) is 8.30. The highest BCUT2D eigenvalue weighted by molar-refractivity contribution is 5.95. The van der Waals surface area contributed by atoms with E-state index in [2.05, 4.69) is 29.1 Å². The first-order valence-electron chi connectivity index (χ1n) is 8.30. The van der Waals surface area contributed by atoms with Crippen LogP contribution in [0.25, 0.3) is 11.0 Å². The number of rotatable bonds is 3. The Kier molecular flexibility index (Phi) is 4.26. The number of carbonyl (C=O) groups is 1. The summed E-state index contributed by atoms with van der Waals surface area (Å²) in [7, 11) is 0. The lowest BCUT2D eigenvalue weighted by molar-refractivity contribution is -0.925. The third-order valence-electron chi connectivity index (χ3n) is 4.82. The van der Waals surface area contributed by atoms with E-state index in [4.69, 9.17) is 0 Å². The molecule has 2 heterocycles. The zero-order valence-electron chi connectivity index (χ0n) is 13.9. The van der Waals surface area contributed by atoms with Crippen LogP contribution in [0.4, 0.5) is 5.69 Å². The van der Waals surface area contributed by atoms with Gasteiger partial charge < -0.3 is 20.2 Å². The minimum atomic E-state index is -0.238. The molecule has 6 heteroatoms. The van der Waals surface area contributed by atoms with Crippen LogP contribution >= 0.6 is 0 Å². The summed E-state index contributed by atoms with van der Waals surface area (Å²) < 4.78 is 0. The second-order valence-corrected chi connectivity index (χ2v) is 7.06. The molecule has 0 aliphatic carbocycles. The topological polar surface area (TPSA) is 82.2 Å². The highest BCUT2D eigenvalue weighted by atomic mass is 16.2. The Bertz CT molecular complexity index is 753. The number of hydrogen-bond acceptors (Lipinski definition) is 2. The number of imidazole rings is 1. The van der Waals surface area contributed by atoms with Gasteiger partial charge in [-0.3, -0.25) is 4.79 Å². The maximum Gasteiger partial charge on any atom is 0.323 e. The first kappa shape index (κ1) is 15.8. The molecular formula is C17H25N4O2+. The molecule has 0 radical (unpaired) electrons. The molecule has 1 aliphatic rings. The standard InChI is InChI=1S/C17H24N4O2/c1-10-6-11(2)9-21(8-10)12(3)16(22)18-13-4-5-14-15(7-13)20-17(23)19-14/h4-5,7,10-12H,6,8-9H2,1-3H3,(H,18,22)(H2,19,20,23)/p+1/t10-,11+,12-/m0/s1. The monoisotopic (exact) mass is 317 g/mol. The average molecular weight is 317 g/mol. The van der Waals surface area contributed by atoms with Crippen molar-refractivity contribution >= 4 is 22.6 Å². The fourth-order valence-corrected chi connectivity index (χ4v) is 3.73. The normalized spacial score (nSPS) is 26.1. The van der Waals surface area contributed by atoms with Crippen molar-refractivity contribution in [2.75, 3.05) is 18.4 Å². The van der Waals surface area contributed by atoms with Gasteiger partial charge in [0.2, 0.25) is 0 Å². The number of quaternary nitrogens is 1. The maximum atomic E-state index is 12.6. The van der Waals surface area contributed by atoms with Gasteiger partial charge in [0, 0.05) is 17.5 Å². The van der Waals surface area contributed by atoms with E-state index in [1.807, 2.05) is 13.0 Å². The zero-order valence-corrected chi connectivity index (χ0v) is 13.9. The third kappa shape index (κ3) is 3.47. The van der Waals surface area contributed by atoms with Crippen molar-refractivity contribution < 1.29 is 9.69 Å². The summed E-state index contributed by atoms with van der Waals surface area (Å²) in [5, 5.41) is 2.97. The van der Waals surface area contributed by atoms with Gasteiger partial charge in [0.05, 0.1) is 24.1 Å². The van der Waals surface area contributed by atoms with Crippen molar-refractivity contribution in [3.05, 3.63) is 28.7 Å². The van der Waals surface area contributed by atoms with Gasteiger partial charge in [-0.05, 0) is 31.5 Å². The summed E-state index contributed by atoms with van der Waals surface area (Å²) in [6.45, 7) is 8.60. The molecule has 4 N–H and O–H groups in total. The quantitative estimate of drug-likeness (QED) is 0.673. The van der Waals surface area contributed by atoms with E-state index in [1.165, 1.54) is 11.3 Å². The lowest BCUT2D eigenvalue weighted by Gasteiger charge is -2.35. The van der Waals surface area contributed by atoms with Crippen LogP contribution in [0, 0.1) is 11.8 Å². The molecule has 124 valence electrons. The van der Waals surface area contributed by atoms with Gasteiger partial charge >= 0.3 is 5.69 Å². The van der Waals surface area contributed by atoms with E-state index in [-0.39, 0.29) is 17.6 Å². The molecule has 3 rings (SSSR count). The summed E-state index contributed by atoms with van der Waals surface area (Å²) in [6, 6.07) is 5.31. The van der Waals surface area contributed by atoms with Crippen molar-refractivity contribution in [3.8, 4) is 0 Å². The Hall–Kier alpha value is -2.08. The van der Waals surface area contributed by atoms with Gasteiger partial charge in [-0.1, -0.05) is 13.8 Å². The van der Waals surface area contributed by atoms with Gasteiger partial charge in [0.25, 0.3) is 5.91 Å². The van der Waals surface area contributed by atoms with E-state index in [9.17, 15) is 9.59 Å². The Morgan fingerprint density at radius 1 is 1.22 bits per heavy atom. The number of benzene rings is 1. The van der Waals surface area contributed by atoms with Crippen LogP contribution in [0.2, 0.25) is 0 Å². The highest BCUT2D eigenvalue weighted by Gasteiger charge is 2.32. The summed E-state index contributed by atoms with van der Waals surface area (Å²) >= 11 is 0. The molecule has 6 nitrogen and oxygen atoms in total. The van der Waals surface area contributed by atoms with Crippen LogP contribution in [-0.2, 0) is 4.79 Å². The lowest BCUT2D eigenvalue weighted by atomic mass is 9.91. The minimum absolute atomic E-state index is 0.0264. The van der Waals surface area contributed by atoms with Crippen LogP contribution in [0.5, 0.6) is 0 Å². The summed E-state index contributed by atoms with van der Waals surface area (Å²) in [4.78, 5) is 30.6. The van der Waals surface area contributed by atoms with Gasteiger partial charge in [0.15, 0.2) is 6.04 Å². The van der Waals surface area contributed by atoms with Crippen LogP contribution in [0.1, 0.15) is 27.2 Å². The van der Waals surface area contributed by atoms with Crippen molar-refractivity contribution in [2.24, 2.45) is 11.8 Å². The van der Waals surface area contributed by atoms with E-state index >= 15 is 0 Å². The maximum absolute atomic E-state index is 12.6. The largest absolute Gasteiger partial charge is 0.324 e. The zero-order chi connectivity index (χ0) is 16.6. The van der Waals surface area contributed by atoms with Crippen LogP contribution in [0.15, 0.2) is 23.0 Å². The van der Waals surface area contributed by atoms with Gasteiger partial charge in [0.1, 0.15) is 0 Å². The van der Waals surface area contributed by atoms with Crippen molar-refractivity contribution in [2.45, 2.75) is 33.2 Å². The molecule has 1 fully saturated rings. The molecule has 2 aromatic rings. The molecule has 1 unspecified atom stereocenters. The Labute approximate surface area is 135 Å². The fourth-order valence-electron chi connectivity index (χ4n) is 3.73. The summed E-state index contributed by atoms with van der Waals surface area (Å²) in [6.07, 6.45) is 1.25. The first-order chi connectivity index (χ1) is 10.9. The predicted molar refractivity (Wildman–Crippen MR) is 90.7 cm³/mol. The second kappa shape index (κ2) is 6.20. The Morgan fingerprint density at radius 3 is 2.57 bits per heavy atom. The van der Waals surface area contributed by atoms with Gasteiger partial charge in [-0.2, -0.15) is 0 Å². The lowest BCUT2D eigenvalue weighted by Crippen LogP contribution is -3.18. The smallest absolute Gasteiger partial charge is 0.323 e. The average Bonchev–Trinajstić information content (AvgIpc) is 2.84. The minimum Gasteiger partial charge on any atom is -0.324 e. The highest BCUT2D eigenvalue weighted by Crippen LogP contribution is 2.15. The summed E-state index contributed by atoms with van der Waals surface area (Å²) in [5.74, 6) is 1.34. The second-order valence-electron chi connectivity index (χ2n) is 7.06. The van der Waals surface area contributed by atoms with Crippen LogP contribution in [0.3, 0.4) is 0 Å². The third-order valence-corrected chi connectivity index (χ3v) is 4.82. The van der Waals surface area contributed by atoms with E-state index in [0.717, 1.165) is 18.6 Å². The Balaban J connectivity index is 1.70. The SMILES string of the molecule is C[C@@H]1C[C@H](C)C[NH+]([C@@H](C)C(=O)Nc2ccc3[nH]c(=O)[nH]c3c2)C1. The predicted octanol–water partition coefficient (Wildman–Crippen LogP) is 0.744. The number of fused-ring (bicyclic) bond motifs is 1. The molecule has 1 amide bonds. The molecule has 4 atom stereocenters. The Morgan fingerprint density at radius 2 is 1.87 bits per heavy atom. The van der Waals surface area contributed by atoms with Gasteiger partial charge in [-0.15, -0.1) is 0 Å². The molecule has 0 saturated carbocycles. The molecule has 0 bridgehead atoms. The number of aromatic nitrogens is 2. The van der Waals surface area contributed by atoms with E-state index < -0.39 is 0 Å². The molecule has 23 heavy (non-hydrogen) atoms. The number of hydrogen-bond donors (Lipinski definition) is 4. The number of anilines is 1. The number of piperidine rings is 1. The summed E-state index contributed by atoms with van der Waals surface area (Å²) in [5.41, 5.74) is 1.91. The number of amides is 1. The van der Waals surface area contributed by atoms with Crippen LogP contribution < -0.4 is 15.9 Å². The number of likely N-dealkylation sites (tertiary alicyclic amines) is 1. The fraction of sp³-hybridized carbons (Fsp3) is 0.529. The van der Waals surface area contributed by atoms with Gasteiger partial charge in [-0.25, -0.2) is 4.79 Å². The molecule has 1 saturated heterocycles. The molecular weight excluding hydrogens is 292 g/mol. The molecule has 1 aromatic carbocycles. The van der Waals surface area contributed by atoms with Crippen molar-refractivity contribution in [1.29, 1.82) is 0 Å². The number of H-pyrrole nitrogens is 2. The number of carbonyl (C=O) groups excluding carboxylic acids is 1. The van der Waals surface area contributed by atoms with Crippen molar-refractivity contribution in [3.63, 3.8) is 0 Å².